The molecule has 0 unspecified atom stereocenters. The zero-order chi connectivity index (χ0) is 21.3. The maximum absolute atomic E-state index is 12.3. The van der Waals surface area contributed by atoms with Gasteiger partial charge in [0.1, 0.15) is 5.58 Å². The lowest BCUT2D eigenvalue weighted by Gasteiger charge is -2.09. The summed E-state index contributed by atoms with van der Waals surface area (Å²) in [5.41, 5.74) is 6.60. The number of fused-ring (bicyclic) bond motifs is 1. The number of nitrogens with zero attached hydrogens (tertiary/aromatic N) is 3. The Hall–Kier alpha value is -4.20. The number of hydrazone groups is 1. The summed E-state index contributed by atoms with van der Waals surface area (Å²) in [6.45, 7) is 3.84. The van der Waals surface area contributed by atoms with Crippen LogP contribution in [0.1, 0.15) is 27.5 Å². The smallest absolute Gasteiger partial charge is 0.307 e. The number of para-hydroxylation sites is 1. The maximum Gasteiger partial charge on any atom is 0.307 e. The average molecular weight is 402 g/mol. The lowest BCUT2D eigenvalue weighted by molar-refractivity contribution is -0.384. The van der Waals surface area contributed by atoms with Crippen molar-refractivity contribution in [2.24, 2.45) is 5.10 Å². The van der Waals surface area contributed by atoms with Gasteiger partial charge in [0.15, 0.2) is 5.76 Å². The summed E-state index contributed by atoms with van der Waals surface area (Å²) in [4.78, 5) is 22.7. The van der Waals surface area contributed by atoms with Crippen LogP contribution in [0.5, 0.6) is 0 Å². The number of furan rings is 1. The van der Waals surface area contributed by atoms with Crippen molar-refractivity contribution in [3.05, 3.63) is 93.5 Å². The molecule has 8 nitrogen and oxygen atoms in total. The Bertz CT molecular complexity index is 1250. The number of hydrogen-bond donors (Lipinski definition) is 1. The second-order valence-corrected chi connectivity index (χ2v) is 6.78. The van der Waals surface area contributed by atoms with Crippen LogP contribution >= 0.6 is 0 Å². The summed E-state index contributed by atoms with van der Waals surface area (Å²) in [5, 5.41) is 15.7. The molecule has 4 aromatic rings. The van der Waals surface area contributed by atoms with E-state index in [4.69, 9.17) is 4.42 Å². The number of nitro groups is 1. The minimum absolute atomic E-state index is 0.0382. The van der Waals surface area contributed by atoms with Gasteiger partial charge in [-0.2, -0.15) is 5.10 Å². The van der Waals surface area contributed by atoms with Gasteiger partial charge in [-0.25, -0.2) is 5.43 Å². The third-order valence-electron chi connectivity index (χ3n) is 4.81. The molecule has 150 valence electrons. The second-order valence-electron chi connectivity index (χ2n) is 6.78. The van der Waals surface area contributed by atoms with E-state index in [1.165, 1.54) is 12.1 Å². The fourth-order valence-electron chi connectivity index (χ4n) is 3.35. The van der Waals surface area contributed by atoms with E-state index in [2.05, 4.69) is 10.5 Å². The zero-order valence-electron chi connectivity index (χ0n) is 16.3. The van der Waals surface area contributed by atoms with Crippen molar-refractivity contribution in [3.8, 4) is 5.69 Å². The minimum Gasteiger partial charge on any atom is -0.451 e. The summed E-state index contributed by atoms with van der Waals surface area (Å²) in [5.74, 6) is -0.253. The topological polar surface area (TPSA) is 103 Å². The molecular formula is C22H18N4O4. The molecule has 2 aromatic carbocycles. The Morgan fingerprint density at radius 2 is 1.87 bits per heavy atom. The van der Waals surface area contributed by atoms with Crippen molar-refractivity contribution in [1.29, 1.82) is 0 Å². The van der Waals surface area contributed by atoms with Crippen LogP contribution in [-0.2, 0) is 0 Å². The first-order chi connectivity index (χ1) is 14.4. The number of benzene rings is 2. The van der Waals surface area contributed by atoms with Gasteiger partial charge in [-0.15, -0.1) is 0 Å². The lowest BCUT2D eigenvalue weighted by atomic mass is 10.2. The Morgan fingerprint density at radius 1 is 1.13 bits per heavy atom. The Kier molecular flexibility index (Phi) is 4.89. The Labute approximate surface area is 171 Å². The number of amides is 1. The van der Waals surface area contributed by atoms with E-state index in [1.807, 2.05) is 42.7 Å². The van der Waals surface area contributed by atoms with Gasteiger partial charge in [0, 0.05) is 40.2 Å². The molecule has 0 saturated heterocycles. The zero-order valence-corrected chi connectivity index (χ0v) is 16.3. The predicted molar refractivity (Wildman–Crippen MR) is 113 cm³/mol. The number of carbonyl (C=O) groups is 1. The van der Waals surface area contributed by atoms with Crippen molar-refractivity contribution in [3.63, 3.8) is 0 Å². The van der Waals surface area contributed by atoms with E-state index >= 15 is 0 Å². The molecule has 0 aliphatic heterocycles. The molecule has 1 amide bonds. The van der Waals surface area contributed by atoms with Crippen molar-refractivity contribution in [1.82, 2.24) is 9.99 Å². The largest absolute Gasteiger partial charge is 0.451 e. The summed E-state index contributed by atoms with van der Waals surface area (Å²) in [7, 11) is 0. The third-order valence-corrected chi connectivity index (χ3v) is 4.81. The molecule has 2 aromatic heterocycles. The van der Waals surface area contributed by atoms with Crippen LogP contribution in [0.2, 0.25) is 0 Å². The summed E-state index contributed by atoms with van der Waals surface area (Å²) in [6, 6.07) is 17.3. The van der Waals surface area contributed by atoms with Crippen LogP contribution in [-0.4, -0.2) is 21.6 Å². The fourth-order valence-corrected chi connectivity index (χ4v) is 3.35. The monoisotopic (exact) mass is 402 g/mol. The van der Waals surface area contributed by atoms with E-state index < -0.39 is 10.8 Å². The minimum atomic E-state index is -0.438. The second kappa shape index (κ2) is 7.67. The van der Waals surface area contributed by atoms with Crippen LogP contribution in [0.4, 0.5) is 5.69 Å². The fraction of sp³-hybridized carbons (Fsp3) is 0.0909. The number of aryl methyl sites for hydroxylation is 1. The molecule has 8 heteroatoms. The molecule has 0 atom stereocenters. The summed E-state index contributed by atoms with van der Waals surface area (Å²) in [6.07, 6.45) is 1.56. The molecule has 2 heterocycles. The molecule has 0 radical (unpaired) electrons. The molecule has 0 spiro atoms. The van der Waals surface area contributed by atoms with Crippen LogP contribution in [0.3, 0.4) is 0 Å². The average Bonchev–Trinajstić information content (AvgIpc) is 3.29. The SMILES string of the molecule is Cc1cc(/C=N\NC(=O)c2cc3ccccc3o2)c(C)n1-c1ccc([N+](=O)[O-])cc1. The van der Waals surface area contributed by atoms with Gasteiger partial charge in [-0.1, -0.05) is 18.2 Å². The molecule has 30 heavy (non-hydrogen) atoms. The first-order valence-electron chi connectivity index (χ1n) is 9.20. The van der Waals surface area contributed by atoms with E-state index in [1.54, 1.807) is 30.5 Å². The van der Waals surface area contributed by atoms with Gasteiger partial charge in [0.25, 0.3) is 5.69 Å². The molecule has 1 N–H and O–H groups in total. The van der Waals surface area contributed by atoms with Gasteiger partial charge in [-0.05, 0) is 44.2 Å². The highest BCUT2D eigenvalue weighted by atomic mass is 16.6. The standard InChI is InChI=1S/C22H18N4O4/c1-14-11-17(15(2)25(14)18-7-9-19(10-8-18)26(28)29)13-23-24-22(27)21-12-16-5-3-4-6-20(16)30-21/h3-13H,1-2H3,(H,24,27)/b23-13-. The van der Waals surface area contributed by atoms with E-state index in [0.29, 0.717) is 5.58 Å². The van der Waals surface area contributed by atoms with Gasteiger partial charge in [0.2, 0.25) is 0 Å². The summed E-state index contributed by atoms with van der Waals surface area (Å²) >= 11 is 0. The normalized spacial score (nSPS) is 11.3. The Morgan fingerprint density at radius 3 is 2.57 bits per heavy atom. The summed E-state index contributed by atoms with van der Waals surface area (Å²) < 4.78 is 7.49. The van der Waals surface area contributed by atoms with Crippen molar-refractivity contribution < 1.29 is 14.1 Å². The molecule has 0 aliphatic carbocycles. The van der Waals surface area contributed by atoms with Crippen molar-refractivity contribution >= 4 is 28.8 Å². The maximum atomic E-state index is 12.3. The first-order valence-corrected chi connectivity index (χ1v) is 9.20. The van der Waals surface area contributed by atoms with Crippen LogP contribution in [0, 0.1) is 24.0 Å². The van der Waals surface area contributed by atoms with Crippen LogP contribution < -0.4 is 5.43 Å². The van der Waals surface area contributed by atoms with Crippen molar-refractivity contribution in [2.45, 2.75) is 13.8 Å². The Balaban J connectivity index is 1.52. The molecule has 0 fully saturated rings. The molecule has 4 rings (SSSR count). The van der Waals surface area contributed by atoms with E-state index in [0.717, 1.165) is 28.0 Å². The lowest BCUT2D eigenvalue weighted by Crippen LogP contribution is -2.16. The highest BCUT2D eigenvalue weighted by Crippen LogP contribution is 2.22. The van der Waals surface area contributed by atoms with Gasteiger partial charge >= 0.3 is 5.91 Å². The highest BCUT2D eigenvalue weighted by Gasteiger charge is 2.13. The van der Waals surface area contributed by atoms with Gasteiger partial charge in [-0.3, -0.25) is 14.9 Å². The number of nitrogens with one attached hydrogen (secondary N) is 1. The number of carbonyl (C=O) groups excluding carboxylic acids is 1. The predicted octanol–water partition coefficient (Wildman–Crippen LogP) is 4.51. The molecule has 0 saturated carbocycles. The quantitative estimate of drug-likeness (QED) is 0.301. The van der Waals surface area contributed by atoms with Crippen LogP contribution in [0.25, 0.3) is 16.7 Å². The third kappa shape index (κ3) is 3.58. The van der Waals surface area contributed by atoms with Gasteiger partial charge in [0.05, 0.1) is 11.1 Å². The number of aromatic nitrogens is 1. The molecule has 0 aliphatic rings. The van der Waals surface area contributed by atoms with Crippen LogP contribution in [0.15, 0.2) is 70.2 Å². The molecular weight excluding hydrogens is 384 g/mol. The highest BCUT2D eigenvalue weighted by molar-refractivity contribution is 5.96. The number of rotatable bonds is 5. The van der Waals surface area contributed by atoms with E-state index in [-0.39, 0.29) is 11.4 Å². The van der Waals surface area contributed by atoms with E-state index in [9.17, 15) is 14.9 Å². The van der Waals surface area contributed by atoms with Gasteiger partial charge < -0.3 is 8.98 Å². The molecule has 0 bridgehead atoms. The number of non-ortho nitro benzene ring substituents is 1. The van der Waals surface area contributed by atoms with Crippen molar-refractivity contribution in [2.75, 3.05) is 0 Å². The number of nitro benzene ring substituents is 1. The first kappa shape index (κ1) is 19.1. The number of hydrogen-bond acceptors (Lipinski definition) is 5.